The molecule has 37 heavy (non-hydrogen) atoms. The van der Waals surface area contributed by atoms with E-state index in [1.165, 1.54) is 24.1 Å². The number of rotatable bonds is 10. The van der Waals surface area contributed by atoms with Crippen LogP contribution in [-0.2, 0) is 16.6 Å². The third-order valence-corrected chi connectivity index (χ3v) is 6.81. The van der Waals surface area contributed by atoms with Crippen LogP contribution in [0, 0.1) is 11.7 Å². The van der Waals surface area contributed by atoms with Gasteiger partial charge in [0.05, 0.1) is 0 Å². The molecular formula is C27H34FN7O2. The fourth-order valence-electron chi connectivity index (χ4n) is 4.71. The number of piperidine rings is 1. The number of benzene rings is 2. The molecule has 3 N–H and O–H groups in total. The molecule has 1 atom stereocenters. The van der Waals surface area contributed by atoms with Gasteiger partial charge in [0, 0.05) is 29.8 Å². The van der Waals surface area contributed by atoms with Crippen LogP contribution in [0.5, 0.6) is 0 Å². The zero-order chi connectivity index (χ0) is 26.3. The van der Waals surface area contributed by atoms with E-state index >= 15 is 0 Å². The number of aromatic amines is 1. The summed E-state index contributed by atoms with van der Waals surface area (Å²) in [6.45, 7) is 7.15. The van der Waals surface area contributed by atoms with E-state index in [1.54, 1.807) is 12.1 Å². The fraction of sp³-hybridized carbons (Fsp3) is 0.444. The second kappa shape index (κ2) is 12.1. The van der Waals surface area contributed by atoms with Gasteiger partial charge in [-0.15, -0.1) is 10.2 Å². The number of urea groups is 1. The van der Waals surface area contributed by atoms with E-state index in [2.05, 4.69) is 36.2 Å². The molecule has 10 heteroatoms. The fourth-order valence-corrected chi connectivity index (χ4v) is 4.71. The molecule has 3 aromatic rings. The van der Waals surface area contributed by atoms with Gasteiger partial charge in [0.25, 0.3) is 0 Å². The SMILES string of the molecule is CC(C)(C=O)c1cc(NC(=O)NCCCN2CCC[C@@H](Cc3ccc(F)cc3)C2)cc(-c2nn[nH]n2)c1. The molecule has 2 aromatic carbocycles. The maximum atomic E-state index is 13.2. The normalized spacial score (nSPS) is 16.4. The quantitative estimate of drug-likeness (QED) is 0.283. The van der Waals surface area contributed by atoms with Gasteiger partial charge in [0.2, 0.25) is 5.82 Å². The molecule has 1 aliphatic heterocycles. The van der Waals surface area contributed by atoms with Crippen LogP contribution < -0.4 is 10.6 Å². The molecule has 1 aliphatic rings. The van der Waals surface area contributed by atoms with Crippen molar-refractivity contribution in [1.29, 1.82) is 0 Å². The summed E-state index contributed by atoms with van der Waals surface area (Å²) in [6, 6.07) is 11.8. The van der Waals surface area contributed by atoms with E-state index in [9.17, 15) is 14.0 Å². The first-order chi connectivity index (χ1) is 17.8. The summed E-state index contributed by atoms with van der Waals surface area (Å²) in [5.41, 5.74) is 2.37. The molecule has 196 valence electrons. The van der Waals surface area contributed by atoms with Crippen molar-refractivity contribution in [3.63, 3.8) is 0 Å². The Labute approximate surface area is 216 Å². The number of tetrazole rings is 1. The van der Waals surface area contributed by atoms with Crippen LogP contribution in [-0.4, -0.2) is 64.0 Å². The molecule has 1 saturated heterocycles. The van der Waals surface area contributed by atoms with Crippen LogP contribution in [0.25, 0.3) is 11.4 Å². The Hall–Kier alpha value is -3.66. The van der Waals surface area contributed by atoms with E-state index in [0.29, 0.717) is 29.5 Å². The zero-order valence-electron chi connectivity index (χ0n) is 21.3. The summed E-state index contributed by atoms with van der Waals surface area (Å²) >= 11 is 0. The summed E-state index contributed by atoms with van der Waals surface area (Å²) in [5.74, 6) is 0.744. The molecule has 4 rings (SSSR count). The largest absolute Gasteiger partial charge is 0.338 e. The van der Waals surface area contributed by atoms with Gasteiger partial charge in [-0.05, 0) is 105 Å². The van der Waals surface area contributed by atoms with Crippen molar-refractivity contribution in [1.82, 2.24) is 30.8 Å². The van der Waals surface area contributed by atoms with Crippen LogP contribution in [0.4, 0.5) is 14.9 Å². The van der Waals surface area contributed by atoms with Gasteiger partial charge in [-0.1, -0.05) is 12.1 Å². The standard InChI is InChI=1S/C27H34FN7O2/c1-27(2,18-36)22-14-21(25-31-33-34-32-25)15-24(16-22)30-26(37)29-10-4-12-35-11-3-5-20(17-35)13-19-6-8-23(28)9-7-19/h6-9,14-16,18,20H,3-5,10-13,17H2,1-2H3,(H2,29,30,37)(H,31,32,33,34)/t20-/m0/s1. The molecule has 1 aromatic heterocycles. The average Bonchev–Trinajstić information content (AvgIpc) is 3.43. The van der Waals surface area contributed by atoms with Crippen molar-refractivity contribution in [3.05, 3.63) is 59.4 Å². The molecule has 0 aliphatic carbocycles. The highest BCUT2D eigenvalue weighted by Crippen LogP contribution is 2.29. The lowest BCUT2D eigenvalue weighted by Gasteiger charge is -2.32. The van der Waals surface area contributed by atoms with Gasteiger partial charge in [-0.3, -0.25) is 0 Å². The topological polar surface area (TPSA) is 116 Å². The van der Waals surface area contributed by atoms with Crippen molar-refractivity contribution in [2.24, 2.45) is 5.92 Å². The first kappa shape index (κ1) is 26.4. The first-order valence-electron chi connectivity index (χ1n) is 12.7. The number of carbonyl (C=O) groups excluding carboxylic acids is 2. The predicted octanol–water partition coefficient (Wildman–Crippen LogP) is 3.95. The van der Waals surface area contributed by atoms with Crippen LogP contribution in [0.3, 0.4) is 0 Å². The molecule has 0 spiro atoms. The number of nitrogens with one attached hydrogen (secondary N) is 3. The Morgan fingerprint density at radius 2 is 2.05 bits per heavy atom. The highest BCUT2D eigenvalue weighted by molar-refractivity contribution is 5.90. The highest BCUT2D eigenvalue weighted by Gasteiger charge is 2.23. The lowest BCUT2D eigenvalue weighted by Crippen LogP contribution is -2.38. The first-order valence-corrected chi connectivity index (χ1v) is 12.7. The average molecular weight is 508 g/mol. The number of aldehydes is 1. The summed E-state index contributed by atoms with van der Waals surface area (Å²) in [4.78, 5) is 26.7. The van der Waals surface area contributed by atoms with Crippen LogP contribution in [0.1, 0.15) is 44.2 Å². The number of carbonyl (C=O) groups is 2. The third-order valence-electron chi connectivity index (χ3n) is 6.81. The second-order valence-electron chi connectivity index (χ2n) is 10.2. The van der Waals surface area contributed by atoms with Gasteiger partial charge < -0.3 is 20.3 Å². The predicted molar refractivity (Wildman–Crippen MR) is 140 cm³/mol. The summed E-state index contributed by atoms with van der Waals surface area (Å²) in [5, 5.41) is 19.8. The lowest BCUT2D eigenvalue weighted by molar-refractivity contribution is -0.111. The Kier molecular flexibility index (Phi) is 8.60. The maximum Gasteiger partial charge on any atom is 0.319 e. The second-order valence-corrected chi connectivity index (χ2v) is 10.2. The molecule has 0 unspecified atom stereocenters. The van der Waals surface area contributed by atoms with Crippen molar-refractivity contribution < 1.29 is 14.0 Å². The number of nitrogens with zero attached hydrogens (tertiary/aromatic N) is 4. The number of amides is 2. The van der Waals surface area contributed by atoms with Crippen LogP contribution in [0.15, 0.2) is 42.5 Å². The summed E-state index contributed by atoms with van der Waals surface area (Å²) < 4.78 is 13.2. The van der Waals surface area contributed by atoms with Gasteiger partial charge >= 0.3 is 6.03 Å². The molecular weight excluding hydrogens is 473 g/mol. The number of aromatic nitrogens is 4. The lowest BCUT2D eigenvalue weighted by atomic mass is 9.85. The molecule has 1 fully saturated rings. The minimum atomic E-state index is -0.740. The van der Waals surface area contributed by atoms with Gasteiger partial charge in [-0.2, -0.15) is 5.21 Å². The van der Waals surface area contributed by atoms with Gasteiger partial charge in [0.1, 0.15) is 12.1 Å². The van der Waals surface area contributed by atoms with Crippen LogP contribution in [0.2, 0.25) is 0 Å². The zero-order valence-corrected chi connectivity index (χ0v) is 21.3. The molecule has 2 amide bonds. The number of hydrogen-bond donors (Lipinski definition) is 3. The molecule has 0 radical (unpaired) electrons. The molecule has 2 heterocycles. The van der Waals surface area contributed by atoms with Crippen molar-refractivity contribution >= 4 is 18.0 Å². The summed E-state index contributed by atoms with van der Waals surface area (Å²) in [6.07, 6.45) is 5.00. The Bertz CT molecular complexity index is 1180. The number of hydrogen-bond acceptors (Lipinski definition) is 6. The smallest absolute Gasteiger partial charge is 0.319 e. The Balaban J connectivity index is 1.26. The van der Waals surface area contributed by atoms with Gasteiger partial charge in [-0.25, -0.2) is 9.18 Å². The third kappa shape index (κ3) is 7.42. The van der Waals surface area contributed by atoms with E-state index in [1.807, 2.05) is 32.0 Å². The molecule has 0 bridgehead atoms. The van der Waals surface area contributed by atoms with Crippen molar-refractivity contribution in [2.45, 2.75) is 44.9 Å². The Morgan fingerprint density at radius 3 is 2.78 bits per heavy atom. The number of anilines is 1. The van der Waals surface area contributed by atoms with E-state index in [0.717, 1.165) is 50.7 Å². The Morgan fingerprint density at radius 1 is 1.24 bits per heavy atom. The number of likely N-dealkylation sites (tertiary alicyclic amines) is 1. The van der Waals surface area contributed by atoms with Gasteiger partial charge in [0.15, 0.2) is 0 Å². The van der Waals surface area contributed by atoms with Crippen LogP contribution >= 0.6 is 0 Å². The monoisotopic (exact) mass is 507 g/mol. The number of H-pyrrole nitrogens is 1. The van der Waals surface area contributed by atoms with Crippen molar-refractivity contribution in [2.75, 3.05) is 31.5 Å². The van der Waals surface area contributed by atoms with E-state index in [-0.39, 0.29) is 11.8 Å². The molecule has 0 saturated carbocycles. The van der Waals surface area contributed by atoms with E-state index < -0.39 is 5.41 Å². The molecule has 9 nitrogen and oxygen atoms in total. The summed E-state index contributed by atoms with van der Waals surface area (Å²) in [7, 11) is 0. The minimum Gasteiger partial charge on any atom is -0.338 e. The maximum absolute atomic E-state index is 13.2. The van der Waals surface area contributed by atoms with E-state index in [4.69, 9.17) is 0 Å². The minimum absolute atomic E-state index is 0.199. The number of halogens is 1. The highest BCUT2D eigenvalue weighted by atomic mass is 19.1. The van der Waals surface area contributed by atoms with Crippen molar-refractivity contribution in [3.8, 4) is 11.4 Å².